The average Bonchev–Trinajstić information content (AvgIpc) is 2.56. The molecule has 3 heteroatoms. The summed E-state index contributed by atoms with van der Waals surface area (Å²) in [6.07, 6.45) is 5.52. The highest BCUT2D eigenvalue weighted by molar-refractivity contribution is 5.69. The van der Waals surface area contributed by atoms with Crippen molar-refractivity contribution in [3.63, 3.8) is 0 Å². The number of hydrogen-bond donors (Lipinski definition) is 0. The molecular formula is C21H31NO2. The molecule has 0 N–H and O–H groups in total. The quantitative estimate of drug-likeness (QED) is 0.669. The summed E-state index contributed by atoms with van der Waals surface area (Å²) >= 11 is 0. The van der Waals surface area contributed by atoms with Gasteiger partial charge in [-0.05, 0) is 49.5 Å². The molecular weight excluding hydrogens is 298 g/mol. The molecule has 1 saturated carbocycles. The summed E-state index contributed by atoms with van der Waals surface area (Å²) in [4.78, 5) is 14.3. The first-order valence-electron chi connectivity index (χ1n) is 9.04. The van der Waals surface area contributed by atoms with Crippen molar-refractivity contribution in [1.29, 1.82) is 0 Å². The summed E-state index contributed by atoms with van der Waals surface area (Å²) in [5, 5.41) is 0. The third-order valence-electron chi connectivity index (χ3n) is 5.74. The van der Waals surface area contributed by atoms with Gasteiger partial charge in [-0.2, -0.15) is 0 Å². The van der Waals surface area contributed by atoms with Gasteiger partial charge in [0.2, 0.25) is 0 Å². The average molecular weight is 329 g/mol. The maximum absolute atomic E-state index is 12.7. The lowest BCUT2D eigenvalue weighted by Crippen LogP contribution is -2.38. The van der Waals surface area contributed by atoms with Crippen LogP contribution in [0, 0.1) is 11.3 Å². The zero-order valence-electron chi connectivity index (χ0n) is 15.5. The summed E-state index contributed by atoms with van der Waals surface area (Å²) in [5.41, 5.74) is 1.33. The van der Waals surface area contributed by atoms with Gasteiger partial charge >= 0.3 is 6.09 Å². The molecule has 0 bridgehead atoms. The van der Waals surface area contributed by atoms with Crippen molar-refractivity contribution in [2.45, 2.75) is 65.5 Å². The van der Waals surface area contributed by atoms with E-state index in [9.17, 15) is 4.79 Å². The third-order valence-corrected chi connectivity index (χ3v) is 5.74. The molecule has 3 unspecified atom stereocenters. The molecule has 0 spiro atoms. The summed E-state index contributed by atoms with van der Waals surface area (Å²) in [7, 11) is 0. The minimum atomic E-state index is -0.292. The fourth-order valence-electron chi connectivity index (χ4n) is 3.57. The first-order valence-corrected chi connectivity index (χ1v) is 9.04. The van der Waals surface area contributed by atoms with Crippen molar-refractivity contribution in [3.05, 3.63) is 48.7 Å². The van der Waals surface area contributed by atoms with E-state index in [4.69, 9.17) is 4.74 Å². The molecule has 1 aliphatic rings. The van der Waals surface area contributed by atoms with E-state index in [1.54, 1.807) is 11.1 Å². The number of ether oxygens (including phenoxy) is 1. The van der Waals surface area contributed by atoms with Crippen LogP contribution in [0.1, 0.15) is 65.0 Å². The molecule has 0 saturated heterocycles. The molecule has 0 aliphatic heterocycles. The second-order valence-corrected chi connectivity index (χ2v) is 7.59. The van der Waals surface area contributed by atoms with Gasteiger partial charge in [0, 0.05) is 6.20 Å². The van der Waals surface area contributed by atoms with Crippen LogP contribution in [0.5, 0.6) is 0 Å². The van der Waals surface area contributed by atoms with Crippen LogP contribution >= 0.6 is 0 Å². The van der Waals surface area contributed by atoms with E-state index in [1.807, 2.05) is 37.3 Å². The summed E-state index contributed by atoms with van der Waals surface area (Å²) in [6, 6.07) is 9.88. The van der Waals surface area contributed by atoms with Crippen molar-refractivity contribution in [2.75, 3.05) is 0 Å². The Morgan fingerprint density at radius 2 is 2.00 bits per heavy atom. The number of nitrogens with zero attached hydrogens (tertiary/aromatic N) is 1. The van der Waals surface area contributed by atoms with E-state index in [2.05, 4.69) is 27.4 Å². The highest BCUT2D eigenvalue weighted by atomic mass is 16.6. The van der Waals surface area contributed by atoms with E-state index < -0.39 is 0 Å². The summed E-state index contributed by atoms with van der Waals surface area (Å²) in [5.74, 6) is 0.595. The summed E-state index contributed by atoms with van der Waals surface area (Å²) < 4.78 is 5.85. The van der Waals surface area contributed by atoms with E-state index in [-0.39, 0.29) is 23.7 Å². The van der Waals surface area contributed by atoms with E-state index >= 15 is 0 Å². The molecule has 1 aromatic rings. The van der Waals surface area contributed by atoms with Gasteiger partial charge in [-0.3, -0.25) is 4.90 Å². The smallest absolute Gasteiger partial charge is 0.414 e. The predicted molar refractivity (Wildman–Crippen MR) is 98.6 cm³/mol. The van der Waals surface area contributed by atoms with Crippen molar-refractivity contribution >= 4 is 6.09 Å². The Morgan fingerprint density at radius 1 is 1.33 bits per heavy atom. The Hall–Kier alpha value is -1.77. The van der Waals surface area contributed by atoms with Crippen molar-refractivity contribution in [2.24, 2.45) is 11.3 Å². The van der Waals surface area contributed by atoms with Gasteiger partial charge in [-0.25, -0.2) is 4.79 Å². The van der Waals surface area contributed by atoms with Crippen molar-refractivity contribution in [1.82, 2.24) is 4.90 Å². The molecule has 1 amide bonds. The van der Waals surface area contributed by atoms with Crippen LogP contribution in [0.2, 0.25) is 0 Å². The predicted octanol–water partition coefficient (Wildman–Crippen LogP) is 5.93. The Kier molecular flexibility index (Phi) is 6.09. The molecule has 2 rings (SSSR count). The molecule has 24 heavy (non-hydrogen) atoms. The Morgan fingerprint density at radius 3 is 2.58 bits per heavy atom. The van der Waals surface area contributed by atoms with Gasteiger partial charge in [0.25, 0.3) is 0 Å². The molecule has 1 aromatic carbocycles. The number of rotatable bonds is 5. The van der Waals surface area contributed by atoms with Crippen LogP contribution < -0.4 is 0 Å². The number of benzene rings is 1. The van der Waals surface area contributed by atoms with Gasteiger partial charge in [0.05, 0.1) is 6.04 Å². The largest absolute Gasteiger partial charge is 0.446 e. The van der Waals surface area contributed by atoms with Crippen LogP contribution in [-0.2, 0) is 4.74 Å². The maximum Gasteiger partial charge on any atom is 0.414 e. The summed E-state index contributed by atoms with van der Waals surface area (Å²) in [6.45, 7) is 12.6. The molecule has 1 aliphatic carbocycles. The number of hydrogen-bond acceptors (Lipinski definition) is 2. The first kappa shape index (κ1) is 18.6. The van der Waals surface area contributed by atoms with Crippen molar-refractivity contribution < 1.29 is 9.53 Å². The molecule has 1 fully saturated rings. The van der Waals surface area contributed by atoms with Crippen molar-refractivity contribution in [3.8, 4) is 0 Å². The Balaban J connectivity index is 2.03. The van der Waals surface area contributed by atoms with E-state index in [0.29, 0.717) is 5.92 Å². The first-order chi connectivity index (χ1) is 11.4. The zero-order chi connectivity index (χ0) is 17.7. The fraction of sp³-hybridized carbons (Fsp3) is 0.571. The van der Waals surface area contributed by atoms with Crippen LogP contribution in [0.4, 0.5) is 4.79 Å². The molecule has 132 valence electrons. The molecule has 3 nitrogen and oxygen atoms in total. The second kappa shape index (κ2) is 7.87. The van der Waals surface area contributed by atoms with Crippen LogP contribution in [0.3, 0.4) is 0 Å². The van der Waals surface area contributed by atoms with Crippen LogP contribution in [0.15, 0.2) is 43.1 Å². The lowest BCUT2D eigenvalue weighted by atomic mass is 9.67. The van der Waals surface area contributed by atoms with Crippen LogP contribution in [0.25, 0.3) is 0 Å². The minimum Gasteiger partial charge on any atom is -0.446 e. The number of carbonyl (C=O) groups is 1. The lowest BCUT2D eigenvalue weighted by Gasteiger charge is -2.41. The molecule has 0 aromatic heterocycles. The van der Waals surface area contributed by atoms with Gasteiger partial charge in [-0.1, -0.05) is 57.7 Å². The topological polar surface area (TPSA) is 29.5 Å². The van der Waals surface area contributed by atoms with E-state index in [1.165, 1.54) is 6.42 Å². The standard InChI is InChI=1S/C21H31NO2/c1-6-22(17(4)18-11-8-7-9-12-18)20(23)24-19-13-10-14-21(5,15-19)16(2)3/h6-9,11-12,16-17,19H,1,10,13-15H2,2-5H3. The molecule has 0 heterocycles. The molecule has 0 radical (unpaired) electrons. The highest BCUT2D eigenvalue weighted by Crippen LogP contribution is 2.43. The normalized spacial score (nSPS) is 25.1. The van der Waals surface area contributed by atoms with Gasteiger partial charge in [-0.15, -0.1) is 0 Å². The zero-order valence-corrected chi connectivity index (χ0v) is 15.5. The SMILES string of the molecule is C=CN(C(=O)OC1CCCC(C)(C(C)C)C1)C(C)c1ccccc1. The van der Waals surface area contributed by atoms with Gasteiger partial charge in [0.15, 0.2) is 0 Å². The van der Waals surface area contributed by atoms with Crippen LogP contribution in [-0.4, -0.2) is 17.1 Å². The third kappa shape index (κ3) is 4.19. The van der Waals surface area contributed by atoms with Gasteiger partial charge in [0.1, 0.15) is 6.10 Å². The maximum atomic E-state index is 12.7. The number of amides is 1. The lowest BCUT2D eigenvalue weighted by molar-refractivity contribution is -0.000355. The Bertz CT molecular complexity index is 554. The minimum absolute atomic E-state index is 0.00377. The molecule has 3 atom stereocenters. The van der Waals surface area contributed by atoms with Gasteiger partial charge < -0.3 is 4.74 Å². The van der Waals surface area contributed by atoms with E-state index in [0.717, 1.165) is 24.8 Å². The number of carbonyl (C=O) groups excluding carboxylic acids is 1. The fourth-order valence-corrected chi connectivity index (χ4v) is 3.57. The Labute approximate surface area is 146 Å². The monoisotopic (exact) mass is 329 g/mol. The second-order valence-electron chi connectivity index (χ2n) is 7.59. The highest BCUT2D eigenvalue weighted by Gasteiger charge is 2.37.